The molecular weight excluding hydrogens is 170 g/mol. The second-order valence-corrected chi connectivity index (χ2v) is 2.32. The van der Waals surface area contributed by atoms with Crippen molar-refractivity contribution in [1.29, 1.82) is 0 Å². The van der Waals surface area contributed by atoms with Crippen LogP contribution in [0.5, 0.6) is 0 Å². The lowest BCUT2D eigenvalue weighted by Gasteiger charge is -1.92. The van der Waals surface area contributed by atoms with Gasteiger partial charge < -0.3 is 4.42 Å². The lowest BCUT2D eigenvalue weighted by atomic mass is 10.2. The molecule has 0 fully saturated rings. The maximum atomic E-state index is 10.8. The van der Waals surface area contributed by atoms with Crippen molar-refractivity contribution in [3.8, 4) is 0 Å². The average molecular weight is 179 g/mol. The molecule has 0 bridgehead atoms. The maximum absolute atomic E-state index is 10.8. The first-order chi connectivity index (χ1) is 6.22. The second-order valence-electron chi connectivity index (χ2n) is 2.32. The van der Waals surface area contributed by atoms with Gasteiger partial charge in [0.25, 0.3) is 0 Å². The number of carbonyl (C=O) groups excluding carboxylic acids is 1. The Labute approximate surface area is 74.6 Å². The summed E-state index contributed by atoms with van der Waals surface area (Å²) >= 11 is 0. The fourth-order valence-electron chi connectivity index (χ4n) is 0.951. The van der Waals surface area contributed by atoms with Gasteiger partial charge in [-0.05, 0) is 13.0 Å². The highest BCUT2D eigenvalue weighted by molar-refractivity contribution is 6.06. The number of hydrogen-bond donors (Lipinski definition) is 1. The summed E-state index contributed by atoms with van der Waals surface area (Å²) in [6.45, 7) is 5.17. The molecule has 4 nitrogen and oxygen atoms in total. The molecule has 1 N–H and O–H groups in total. The monoisotopic (exact) mass is 179 g/mol. The number of aldehydes is 1. The molecule has 0 saturated carbocycles. The van der Waals surface area contributed by atoms with Gasteiger partial charge in [-0.3, -0.25) is 9.78 Å². The van der Waals surface area contributed by atoms with Gasteiger partial charge in [-0.25, -0.2) is 4.79 Å². The Hall–Kier alpha value is -1.84. The van der Waals surface area contributed by atoms with E-state index in [0.717, 1.165) is 0 Å². The highest BCUT2D eigenvalue weighted by Crippen LogP contribution is 2.14. The van der Waals surface area contributed by atoms with Crippen molar-refractivity contribution in [3.63, 3.8) is 0 Å². The molecule has 0 unspecified atom stereocenters. The lowest BCUT2D eigenvalue weighted by Crippen LogP contribution is -1.94. The molecule has 0 aliphatic carbocycles. The Morgan fingerprint density at radius 2 is 2.31 bits per heavy atom. The van der Waals surface area contributed by atoms with Crippen molar-refractivity contribution in [2.24, 2.45) is 0 Å². The van der Waals surface area contributed by atoms with Gasteiger partial charge in [-0.1, -0.05) is 12.7 Å². The summed E-state index contributed by atoms with van der Waals surface area (Å²) in [5.74, 6) is -0.358. The Balaban J connectivity index is 3.34. The molecular formula is C9H9NO3. The van der Waals surface area contributed by atoms with Gasteiger partial charge in [0.2, 0.25) is 0 Å². The Kier molecular flexibility index (Phi) is 2.64. The first-order valence-corrected chi connectivity index (χ1v) is 3.70. The van der Waals surface area contributed by atoms with Gasteiger partial charge in [-0.2, -0.15) is 0 Å². The number of aromatic amines is 1. The average Bonchev–Trinajstić information content (AvgIpc) is 2.49. The summed E-state index contributed by atoms with van der Waals surface area (Å²) < 4.78 is 4.77. The normalized spacial score (nSPS) is 11.3. The van der Waals surface area contributed by atoms with E-state index >= 15 is 0 Å². The molecule has 13 heavy (non-hydrogen) atoms. The van der Waals surface area contributed by atoms with Crippen molar-refractivity contribution >= 4 is 17.9 Å². The summed E-state index contributed by atoms with van der Waals surface area (Å²) in [5.41, 5.74) is 0.749. The number of hydrogen-bond acceptors (Lipinski definition) is 3. The minimum Gasteiger partial charge on any atom is -0.407 e. The summed E-state index contributed by atoms with van der Waals surface area (Å²) in [5, 5.41) is 0. The molecule has 0 atom stereocenters. The van der Waals surface area contributed by atoms with Crippen molar-refractivity contribution in [3.05, 3.63) is 34.7 Å². The molecule has 1 aromatic rings. The molecule has 1 aromatic heterocycles. The van der Waals surface area contributed by atoms with Gasteiger partial charge in [0.1, 0.15) is 0 Å². The number of allylic oxidation sites excluding steroid dienone is 2. The van der Waals surface area contributed by atoms with Crippen LogP contribution in [0.15, 0.2) is 21.9 Å². The minimum absolute atomic E-state index is 0.234. The number of nitrogens with one attached hydrogen (secondary N) is 1. The Morgan fingerprint density at radius 1 is 1.62 bits per heavy atom. The lowest BCUT2D eigenvalue weighted by molar-refractivity contribution is -0.103. The highest BCUT2D eigenvalue weighted by atomic mass is 16.4. The number of rotatable bonds is 3. The molecule has 1 heterocycles. The van der Waals surface area contributed by atoms with Crippen LogP contribution in [-0.2, 0) is 4.79 Å². The topological polar surface area (TPSA) is 63.1 Å². The minimum atomic E-state index is -0.592. The zero-order valence-corrected chi connectivity index (χ0v) is 7.16. The largest absolute Gasteiger partial charge is 0.417 e. The smallest absolute Gasteiger partial charge is 0.407 e. The van der Waals surface area contributed by atoms with Gasteiger partial charge in [-0.15, -0.1) is 0 Å². The SMILES string of the molecule is C=Cc1[nH]c(=O)oc1/C(C=O)=C\C. The van der Waals surface area contributed by atoms with Crippen molar-refractivity contribution in [1.82, 2.24) is 4.98 Å². The van der Waals surface area contributed by atoms with E-state index < -0.39 is 5.76 Å². The van der Waals surface area contributed by atoms with Gasteiger partial charge >= 0.3 is 5.76 Å². The van der Waals surface area contributed by atoms with Gasteiger partial charge in [0.05, 0.1) is 11.3 Å². The Morgan fingerprint density at radius 3 is 2.77 bits per heavy atom. The van der Waals surface area contributed by atoms with Crippen LogP contribution in [-0.4, -0.2) is 11.3 Å². The fourth-order valence-corrected chi connectivity index (χ4v) is 0.951. The van der Waals surface area contributed by atoms with Crippen LogP contribution in [0.1, 0.15) is 18.4 Å². The number of carbonyl (C=O) groups is 1. The van der Waals surface area contributed by atoms with Gasteiger partial charge in [0.15, 0.2) is 12.0 Å². The molecule has 68 valence electrons. The van der Waals surface area contributed by atoms with Crippen LogP contribution in [0, 0.1) is 0 Å². The van der Waals surface area contributed by atoms with Gasteiger partial charge in [0, 0.05) is 0 Å². The maximum Gasteiger partial charge on any atom is 0.417 e. The summed E-state index contributed by atoms with van der Waals surface area (Å²) in [6, 6.07) is 0. The number of H-pyrrole nitrogens is 1. The molecule has 0 radical (unpaired) electrons. The molecule has 0 saturated heterocycles. The molecule has 0 spiro atoms. The number of oxazole rings is 1. The second kappa shape index (κ2) is 3.71. The van der Waals surface area contributed by atoms with E-state index in [1.54, 1.807) is 13.0 Å². The fraction of sp³-hybridized carbons (Fsp3) is 0.111. The van der Waals surface area contributed by atoms with E-state index in [0.29, 0.717) is 17.6 Å². The summed E-state index contributed by atoms with van der Waals surface area (Å²) in [7, 11) is 0. The van der Waals surface area contributed by atoms with Crippen LogP contribution in [0.4, 0.5) is 0 Å². The van der Waals surface area contributed by atoms with Crippen molar-refractivity contribution in [2.75, 3.05) is 0 Å². The van der Waals surface area contributed by atoms with E-state index in [2.05, 4.69) is 11.6 Å². The molecule has 4 heteroatoms. The zero-order chi connectivity index (χ0) is 9.84. The summed E-state index contributed by atoms with van der Waals surface area (Å²) in [6.07, 6.45) is 3.61. The highest BCUT2D eigenvalue weighted by Gasteiger charge is 2.10. The molecule has 0 aliphatic heterocycles. The van der Waals surface area contributed by atoms with Crippen LogP contribution in [0.3, 0.4) is 0 Å². The molecule has 0 amide bonds. The van der Waals surface area contributed by atoms with E-state index in [4.69, 9.17) is 4.42 Å². The predicted octanol–water partition coefficient (Wildman–Crippen LogP) is 1.21. The number of aromatic nitrogens is 1. The third-order valence-corrected chi connectivity index (χ3v) is 1.58. The van der Waals surface area contributed by atoms with E-state index in [1.807, 2.05) is 0 Å². The molecule has 0 aromatic carbocycles. The Bertz CT molecular complexity index is 409. The van der Waals surface area contributed by atoms with E-state index in [1.165, 1.54) is 6.08 Å². The van der Waals surface area contributed by atoms with E-state index in [-0.39, 0.29) is 5.76 Å². The van der Waals surface area contributed by atoms with Crippen LogP contribution in [0.2, 0.25) is 0 Å². The van der Waals surface area contributed by atoms with Crippen LogP contribution in [0.25, 0.3) is 11.6 Å². The molecule has 1 rings (SSSR count). The van der Waals surface area contributed by atoms with Crippen LogP contribution < -0.4 is 5.76 Å². The summed E-state index contributed by atoms with van der Waals surface area (Å²) in [4.78, 5) is 23.7. The van der Waals surface area contributed by atoms with E-state index in [9.17, 15) is 9.59 Å². The first-order valence-electron chi connectivity index (χ1n) is 3.70. The first kappa shape index (κ1) is 9.25. The molecule has 0 aliphatic rings. The predicted molar refractivity (Wildman–Crippen MR) is 49.1 cm³/mol. The standard InChI is InChI=1S/C9H9NO3/c1-3-6(5-11)8-7(4-2)10-9(12)13-8/h3-5H,2H2,1H3,(H,10,12)/b6-3-. The zero-order valence-electron chi connectivity index (χ0n) is 7.16. The van der Waals surface area contributed by atoms with Crippen LogP contribution >= 0.6 is 0 Å². The van der Waals surface area contributed by atoms with Crippen molar-refractivity contribution < 1.29 is 9.21 Å². The quantitative estimate of drug-likeness (QED) is 0.560. The van der Waals surface area contributed by atoms with Crippen molar-refractivity contribution in [2.45, 2.75) is 6.92 Å². The third kappa shape index (κ3) is 1.66. The third-order valence-electron chi connectivity index (χ3n) is 1.58.